The van der Waals surface area contributed by atoms with E-state index in [9.17, 15) is 4.79 Å². The van der Waals surface area contributed by atoms with E-state index in [2.05, 4.69) is 43.2 Å². The molecule has 3 rings (SSSR count). The van der Waals surface area contributed by atoms with E-state index < -0.39 is 0 Å². The maximum Gasteiger partial charge on any atom is 0.274 e. The SMILES string of the molecule is CC(C)n1ccc(C(=O)N2CCC(Cc3ccccc3)C2)n1. The zero-order valence-corrected chi connectivity index (χ0v) is 13.3. The molecule has 2 aromatic rings. The summed E-state index contributed by atoms with van der Waals surface area (Å²) in [6.07, 6.45) is 4.01. The average molecular weight is 297 g/mol. The van der Waals surface area contributed by atoms with Gasteiger partial charge in [-0.05, 0) is 44.2 Å². The normalized spacial score (nSPS) is 18.1. The van der Waals surface area contributed by atoms with Gasteiger partial charge in [-0.25, -0.2) is 0 Å². The zero-order valence-electron chi connectivity index (χ0n) is 13.3. The molecule has 0 spiro atoms. The molecule has 1 saturated heterocycles. The van der Waals surface area contributed by atoms with E-state index in [1.807, 2.05) is 27.9 Å². The van der Waals surface area contributed by atoms with Crippen LogP contribution in [0.4, 0.5) is 0 Å². The van der Waals surface area contributed by atoms with Gasteiger partial charge in [-0.2, -0.15) is 5.10 Å². The molecular weight excluding hydrogens is 274 g/mol. The Morgan fingerprint density at radius 1 is 1.27 bits per heavy atom. The van der Waals surface area contributed by atoms with E-state index in [4.69, 9.17) is 0 Å². The number of hydrogen-bond acceptors (Lipinski definition) is 2. The lowest BCUT2D eigenvalue weighted by molar-refractivity contribution is 0.0780. The molecule has 1 amide bonds. The monoisotopic (exact) mass is 297 g/mol. The molecule has 4 heteroatoms. The molecule has 0 aliphatic carbocycles. The molecule has 0 bridgehead atoms. The predicted molar refractivity (Wildman–Crippen MR) is 86.8 cm³/mol. The second-order valence-electron chi connectivity index (χ2n) is 6.37. The van der Waals surface area contributed by atoms with Crippen molar-refractivity contribution in [1.29, 1.82) is 0 Å². The van der Waals surface area contributed by atoms with Crippen molar-refractivity contribution in [1.82, 2.24) is 14.7 Å². The molecule has 1 aromatic heterocycles. The number of rotatable bonds is 4. The van der Waals surface area contributed by atoms with Gasteiger partial charge in [0.05, 0.1) is 0 Å². The highest BCUT2D eigenvalue weighted by Crippen LogP contribution is 2.22. The van der Waals surface area contributed by atoms with Crippen molar-refractivity contribution in [3.8, 4) is 0 Å². The fourth-order valence-electron chi connectivity index (χ4n) is 3.03. The van der Waals surface area contributed by atoms with Crippen molar-refractivity contribution in [2.24, 2.45) is 5.92 Å². The van der Waals surface area contributed by atoms with Crippen LogP contribution in [0.15, 0.2) is 42.6 Å². The largest absolute Gasteiger partial charge is 0.337 e. The number of amides is 1. The van der Waals surface area contributed by atoms with E-state index in [1.54, 1.807) is 0 Å². The van der Waals surface area contributed by atoms with Gasteiger partial charge in [0.15, 0.2) is 0 Å². The Morgan fingerprint density at radius 3 is 2.73 bits per heavy atom. The first-order chi connectivity index (χ1) is 10.6. The van der Waals surface area contributed by atoms with Crippen molar-refractivity contribution < 1.29 is 4.79 Å². The van der Waals surface area contributed by atoms with Gasteiger partial charge in [0.1, 0.15) is 5.69 Å². The number of carbonyl (C=O) groups is 1. The van der Waals surface area contributed by atoms with Gasteiger partial charge in [0.2, 0.25) is 0 Å². The third-order valence-electron chi connectivity index (χ3n) is 4.30. The van der Waals surface area contributed by atoms with Crippen molar-refractivity contribution in [3.63, 3.8) is 0 Å². The minimum Gasteiger partial charge on any atom is -0.337 e. The predicted octanol–water partition coefficient (Wildman–Crippen LogP) is 3.17. The van der Waals surface area contributed by atoms with Crippen LogP contribution in [-0.4, -0.2) is 33.7 Å². The van der Waals surface area contributed by atoms with Crippen LogP contribution < -0.4 is 0 Å². The Labute approximate surface area is 131 Å². The summed E-state index contributed by atoms with van der Waals surface area (Å²) in [5.74, 6) is 0.619. The molecule has 1 aromatic carbocycles. The summed E-state index contributed by atoms with van der Waals surface area (Å²) in [7, 11) is 0. The lowest BCUT2D eigenvalue weighted by atomic mass is 9.99. The Hall–Kier alpha value is -2.10. The Morgan fingerprint density at radius 2 is 2.05 bits per heavy atom. The van der Waals surface area contributed by atoms with Gasteiger partial charge in [-0.1, -0.05) is 30.3 Å². The fraction of sp³-hybridized carbons (Fsp3) is 0.444. The molecule has 1 aliphatic heterocycles. The van der Waals surface area contributed by atoms with Crippen LogP contribution in [0.1, 0.15) is 42.4 Å². The minimum absolute atomic E-state index is 0.0648. The van der Waals surface area contributed by atoms with Gasteiger partial charge in [-0.3, -0.25) is 9.48 Å². The van der Waals surface area contributed by atoms with Crippen molar-refractivity contribution in [2.75, 3.05) is 13.1 Å². The second kappa shape index (κ2) is 6.34. The van der Waals surface area contributed by atoms with E-state index in [0.29, 0.717) is 11.6 Å². The smallest absolute Gasteiger partial charge is 0.274 e. The van der Waals surface area contributed by atoms with Gasteiger partial charge in [0.25, 0.3) is 5.91 Å². The van der Waals surface area contributed by atoms with Crippen molar-refractivity contribution in [2.45, 2.75) is 32.7 Å². The molecular formula is C18H23N3O. The van der Waals surface area contributed by atoms with Gasteiger partial charge in [0, 0.05) is 25.3 Å². The van der Waals surface area contributed by atoms with E-state index in [0.717, 1.165) is 25.9 Å². The summed E-state index contributed by atoms with van der Waals surface area (Å²) in [6, 6.07) is 12.6. The highest BCUT2D eigenvalue weighted by molar-refractivity contribution is 5.92. The summed E-state index contributed by atoms with van der Waals surface area (Å²) in [6.45, 7) is 5.80. The highest BCUT2D eigenvalue weighted by Gasteiger charge is 2.28. The molecule has 1 atom stereocenters. The van der Waals surface area contributed by atoms with Crippen molar-refractivity contribution >= 4 is 5.91 Å². The number of hydrogen-bond donors (Lipinski definition) is 0. The number of aromatic nitrogens is 2. The first-order valence-electron chi connectivity index (χ1n) is 8.02. The third-order valence-corrected chi connectivity index (χ3v) is 4.30. The summed E-state index contributed by atoms with van der Waals surface area (Å²) >= 11 is 0. The highest BCUT2D eigenvalue weighted by atomic mass is 16.2. The molecule has 1 fully saturated rings. The van der Waals surface area contributed by atoms with E-state index in [1.165, 1.54) is 5.56 Å². The van der Waals surface area contributed by atoms with Crippen LogP contribution in [-0.2, 0) is 6.42 Å². The molecule has 116 valence electrons. The third kappa shape index (κ3) is 3.21. The lowest BCUT2D eigenvalue weighted by Gasteiger charge is -2.15. The maximum absolute atomic E-state index is 12.5. The summed E-state index contributed by atoms with van der Waals surface area (Å²) in [5.41, 5.74) is 1.92. The van der Waals surface area contributed by atoms with Crippen LogP contribution in [0.25, 0.3) is 0 Å². The van der Waals surface area contributed by atoms with Crippen molar-refractivity contribution in [3.05, 3.63) is 53.9 Å². The molecule has 0 radical (unpaired) electrons. The maximum atomic E-state index is 12.5. The average Bonchev–Trinajstić information content (AvgIpc) is 3.17. The quantitative estimate of drug-likeness (QED) is 0.869. The molecule has 22 heavy (non-hydrogen) atoms. The molecule has 0 saturated carbocycles. The van der Waals surface area contributed by atoms with Crippen LogP contribution in [0, 0.1) is 5.92 Å². The van der Waals surface area contributed by atoms with Crippen LogP contribution in [0.3, 0.4) is 0 Å². The summed E-state index contributed by atoms with van der Waals surface area (Å²) in [5, 5.41) is 4.39. The Balaban J connectivity index is 1.60. The zero-order chi connectivity index (χ0) is 15.5. The Kier molecular flexibility index (Phi) is 4.27. The molecule has 1 aliphatic rings. The molecule has 0 N–H and O–H groups in total. The summed E-state index contributed by atoms with van der Waals surface area (Å²) < 4.78 is 1.84. The van der Waals surface area contributed by atoms with Gasteiger partial charge >= 0.3 is 0 Å². The van der Waals surface area contributed by atoms with E-state index >= 15 is 0 Å². The van der Waals surface area contributed by atoms with Crippen LogP contribution in [0.2, 0.25) is 0 Å². The standard InChI is InChI=1S/C18H23N3O/c1-14(2)21-11-9-17(19-21)18(22)20-10-8-16(13-20)12-15-6-4-3-5-7-15/h3-7,9,11,14,16H,8,10,12-13H2,1-2H3. The number of benzene rings is 1. The molecule has 1 unspecified atom stereocenters. The number of likely N-dealkylation sites (tertiary alicyclic amines) is 1. The second-order valence-corrected chi connectivity index (χ2v) is 6.37. The van der Waals surface area contributed by atoms with Crippen LogP contribution >= 0.6 is 0 Å². The van der Waals surface area contributed by atoms with Gasteiger partial charge in [-0.15, -0.1) is 0 Å². The number of nitrogens with zero attached hydrogens (tertiary/aromatic N) is 3. The summed E-state index contributed by atoms with van der Waals surface area (Å²) in [4.78, 5) is 14.5. The molecule has 2 heterocycles. The minimum atomic E-state index is 0.0648. The topological polar surface area (TPSA) is 38.1 Å². The number of carbonyl (C=O) groups excluding carboxylic acids is 1. The van der Waals surface area contributed by atoms with Crippen LogP contribution in [0.5, 0.6) is 0 Å². The first kappa shape index (κ1) is 14.8. The van der Waals surface area contributed by atoms with E-state index in [-0.39, 0.29) is 11.9 Å². The fourth-order valence-corrected chi connectivity index (χ4v) is 3.03. The molecule has 4 nitrogen and oxygen atoms in total. The Bertz CT molecular complexity index is 633. The van der Waals surface area contributed by atoms with Gasteiger partial charge < -0.3 is 4.90 Å². The lowest BCUT2D eigenvalue weighted by Crippen LogP contribution is -2.29. The first-order valence-corrected chi connectivity index (χ1v) is 8.02.